The first kappa shape index (κ1) is 26.4. The van der Waals surface area contributed by atoms with Crippen molar-refractivity contribution in [3.8, 4) is 34.3 Å². The number of ether oxygens (including phenoxy) is 3. The van der Waals surface area contributed by atoms with Crippen molar-refractivity contribution in [1.82, 2.24) is 15.1 Å². The van der Waals surface area contributed by atoms with Gasteiger partial charge < -0.3 is 24.2 Å². The topological polar surface area (TPSA) is 96.9 Å². The molecule has 5 rings (SSSR count). The van der Waals surface area contributed by atoms with Gasteiger partial charge in [-0.1, -0.05) is 29.8 Å². The number of phenolic OH excluding ortho intramolecular Hbond substituents is 1. The third-order valence-corrected chi connectivity index (χ3v) is 7.20. The van der Waals surface area contributed by atoms with E-state index in [2.05, 4.69) is 10.2 Å². The fourth-order valence-corrected chi connectivity index (χ4v) is 5.10. The van der Waals surface area contributed by atoms with E-state index in [-0.39, 0.29) is 11.7 Å². The van der Waals surface area contributed by atoms with Crippen molar-refractivity contribution in [2.45, 2.75) is 33.4 Å². The maximum Gasteiger partial charge on any atom is 0.273 e. The molecule has 4 aromatic rings. The number of aromatic amines is 1. The number of phenols is 1. The van der Waals surface area contributed by atoms with Crippen molar-refractivity contribution in [2.24, 2.45) is 0 Å². The van der Waals surface area contributed by atoms with Crippen LogP contribution in [0.3, 0.4) is 0 Å². The number of nitrogens with one attached hydrogen (secondary N) is 1. The number of fused-ring (bicyclic) bond motifs is 1. The molecule has 0 spiro atoms. The van der Waals surface area contributed by atoms with E-state index in [1.807, 2.05) is 63.2 Å². The van der Waals surface area contributed by atoms with Crippen molar-refractivity contribution >= 4 is 17.5 Å². The van der Waals surface area contributed by atoms with E-state index < -0.39 is 6.04 Å². The van der Waals surface area contributed by atoms with Gasteiger partial charge in [0, 0.05) is 22.7 Å². The van der Waals surface area contributed by atoms with E-state index in [1.54, 1.807) is 24.1 Å². The van der Waals surface area contributed by atoms with E-state index in [0.717, 1.165) is 22.4 Å². The number of carbonyl (C=O) groups is 1. The van der Waals surface area contributed by atoms with Crippen LogP contribution in [0.5, 0.6) is 23.0 Å². The lowest BCUT2D eigenvalue weighted by atomic mass is 9.94. The number of amides is 1. The van der Waals surface area contributed by atoms with E-state index in [9.17, 15) is 9.90 Å². The molecular formula is C30H30ClN3O5. The largest absolute Gasteiger partial charge is 0.507 e. The molecule has 9 heteroatoms. The number of carbonyl (C=O) groups excluding carboxylic acids is 1. The average Bonchev–Trinajstić information content (AvgIpc) is 3.47. The molecule has 2 N–H and O–H groups in total. The molecule has 3 aromatic carbocycles. The van der Waals surface area contributed by atoms with Gasteiger partial charge in [-0.15, -0.1) is 0 Å². The molecule has 0 bridgehead atoms. The summed E-state index contributed by atoms with van der Waals surface area (Å²) in [6.07, 6.45) is 0. The predicted octanol–water partition coefficient (Wildman–Crippen LogP) is 6.30. The number of hydrogen-bond donors (Lipinski definition) is 2. The fourth-order valence-electron chi connectivity index (χ4n) is 4.93. The van der Waals surface area contributed by atoms with E-state index in [4.69, 9.17) is 25.8 Å². The number of nitrogens with zero attached hydrogens (tertiary/aromatic N) is 2. The van der Waals surface area contributed by atoms with Gasteiger partial charge in [-0.25, -0.2) is 0 Å². The molecule has 0 aliphatic carbocycles. The summed E-state index contributed by atoms with van der Waals surface area (Å²) in [7, 11) is 1.62. The van der Waals surface area contributed by atoms with Gasteiger partial charge in [-0.05, 0) is 73.9 Å². The summed E-state index contributed by atoms with van der Waals surface area (Å²) in [5, 5.41) is 18.7. The second kappa shape index (κ2) is 10.9. The van der Waals surface area contributed by atoms with Crippen LogP contribution < -0.4 is 14.2 Å². The second-order valence-corrected chi connectivity index (χ2v) is 9.64. The minimum absolute atomic E-state index is 0.0349. The number of aromatic nitrogens is 2. The van der Waals surface area contributed by atoms with Crippen LogP contribution in [0.15, 0.2) is 54.6 Å². The number of aromatic hydroxyl groups is 1. The Labute approximate surface area is 232 Å². The summed E-state index contributed by atoms with van der Waals surface area (Å²) in [5.74, 6) is 1.79. The molecule has 1 aliphatic rings. The lowest BCUT2D eigenvalue weighted by Gasteiger charge is -2.27. The van der Waals surface area contributed by atoms with Crippen LogP contribution in [0, 0.1) is 6.92 Å². The molecule has 39 heavy (non-hydrogen) atoms. The number of H-pyrrole nitrogens is 1. The van der Waals surface area contributed by atoms with Gasteiger partial charge >= 0.3 is 0 Å². The number of aryl methyl sites for hydroxylation is 1. The third kappa shape index (κ3) is 4.88. The highest BCUT2D eigenvalue weighted by Gasteiger charge is 2.43. The number of methoxy groups -OCH3 is 1. The molecule has 202 valence electrons. The van der Waals surface area contributed by atoms with E-state index >= 15 is 0 Å². The molecule has 1 atom stereocenters. The molecule has 8 nitrogen and oxygen atoms in total. The zero-order chi connectivity index (χ0) is 27.7. The maximum atomic E-state index is 13.8. The molecule has 0 radical (unpaired) electrons. The Morgan fingerprint density at radius 2 is 1.74 bits per heavy atom. The summed E-state index contributed by atoms with van der Waals surface area (Å²) in [6, 6.07) is 16.1. The minimum Gasteiger partial charge on any atom is -0.507 e. The Bertz CT molecular complexity index is 1520. The van der Waals surface area contributed by atoms with Crippen LogP contribution >= 0.6 is 11.6 Å². The summed E-state index contributed by atoms with van der Waals surface area (Å²) in [5.41, 5.74) is 4.44. The quantitative estimate of drug-likeness (QED) is 0.255. The van der Waals surface area contributed by atoms with Crippen molar-refractivity contribution in [3.05, 3.63) is 87.6 Å². The lowest BCUT2D eigenvalue weighted by molar-refractivity contribution is 0.0729. The molecule has 1 amide bonds. The van der Waals surface area contributed by atoms with Crippen LogP contribution in [0.25, 0.3) is 11.3 Å². The molecule has 0 saturated heterocycles. The predicted molar refractivity (Wildman–Crippen MR) is 149 cm³/mol. The zero-order valence-electron chi connectivity index (χ0n) is 22.2. The van der Waals surface area contributed by atoms with Crippen molar-refractivity contribution in [1.29, 1.82) is 0 Å². The standard InChI is InChI=1S/C30H30ClN3O5/c1-5-38-24-12-9-19(14-25(24)39-6-2)29-26-27(21-15-22(31)17(3)13-23(21)35)32-33-28(26)30(36)34(29)16-18-7-10-20(37-4)11-8-18/h7-15,29,35H,5-6,16H2,1-4H3,(H,32,33). The van der Waals surface area contributed by atoms with Crippen molar-refractivity contribution in [3.63, 3.8) is 0 Å². The number of benzene rings is 3. The highest BCUT2D eigenvalue weighted by molar-refractivity contribution is 6.31. The molecule has 0 saturated carbocycles. The normalized spacial score (nSPS) is 14.4. The van der Waals surface area contributed by atoms with Gasteiger partial charge in [0.1, 0.15) is 22.9 Å². The van der Waals surface area contributed by atoms with Gasteiger partial charge in [0.15, 0.2) is 11.5 Å². The summed E-state index contributed by atoms with van der Waals surface area (Å²) < 4.78 is 17.0. The summed E-state index contributed by atoms with van der Waals surface area (Å²) in [6.45, 7) is 6.94. The molecule has 2 heterocycles. The first-order chi connectivity index (χ1) is 18.9. The van der Waals surface area contributed by atoms with Gasteiger partial charge in [0.05, 0.1) is 26.4 Å². The van der Waals surface area contributed by atoms with Crippen LogP contribution in [-0.4, -0.2) is 46.4 Å². The van der Waals surface area contributed by atoms with Gasteiger partial charge in [0.25, 0.3) is 5.91 Å². The van der Waals surface area contributed by atoms with Crippen LogP contribution in [0.1, 0.15) is 52.6 Å². The first-order valence-electron chi connectivity index (χ1n) is 12.8. The zero-order valence-corrected chi connectivity index (χ0v) is 23.0. The number of hydrogen-bond acceptors (Lipinski definition) is 6. The Kier molecular flexibility index (Phi) is 7.39. The monoisotopic (exact) mass is 547 g/mol. The maximum absolute atomic E-state index is 13.8. The van der Waals surface area contributed by atoms with Crippen LogP contribution in [0.4, 0.5) is 0 Å². The van der Waals surface area contributed by atoms with Crippen LogP contribution in [0.2, 0.25) is 5.02 Å². The van der Waals surface area contributed by atoms with Crippen molar-refractivity contribution in [2.75, 3.05) is 20.3 Å². The Morgan fingerprint density at radius 3 is 2.44 bits per heavy atom. The Morgan fingerprint density at radius 1 is 1.03 bits per heavy atom. The third-order valence-electron chi connectivity index (χ3n) is 6.79. The average molecular weight is 548 g/mol. The molecule has 1 aliphatic heterocycles. The lowest BCUT2D eigenvalue weighted by Crippen LogP contribution is -2.29. The first-order valence-corrected chi connectivity index (χ1v) is 13.1. The Hall–Kier alpha value is -4.17. The van der Waals surface area contributed by atoms with Gasteiger partial charge in [0.2, 0.25) is 0 Å². The second-order valence-electron chi connectivity index (χ2n) is 9.24. The van der Waals surface area contributed by atoms with Crippen LogP contribution in [-0.2, 0) is 6.54 Å². The number of halogens is 1. The number of rotatable bonds is 9. The molecule has 1 unspecified atom stereocenters. The summed E-state index contributed by atoms with van der Waals surface area (Å²) in [4.78, 5) is 15.6. The van der Waals surface area contributed by atoms with E-state index in [1.165, 1.54) is 0 Å². The fraction of sp³-hybridized carbons (Fsp3) is 0.267. The molecular weight excluding hydrogens is 518 g/mol. The molecule has 0 fully saturated rings. The minimum atomic E-state index is -0.516. The highest BCUT2D eigenvalue weighted by Crippen LogP contribution is 2.47. The smallest absolute Gasteiger partial charge is 0.273 e. The van der Waals surface area contributed by atoms with Crippen molar-refractivity contribution < 1.29 is 24.1 Å². The highest BCUT2D eigenvalue weighted by atomic mass is 35.5. The SMILES string of the molecule is CCOc1ccc(C2c3c(-c4cc(Cl)c(C)cc4O)n[nH]c3C(=O)N2Cc2ccc(OC)cc2)cc1OCC. The Balaban J connectivity index is 1.66. The summed E-state index contributed by atoms with van der Waals surface area (Å²) >= 11 is 6.43. The van der Waals surface area contributed by atoms with E-state index in [0.29, 0.717) is 58.8 Å². The van der Waals surface area contributed by atoms with Gasteiger partial charge in [-0.2, -0.15) is 5.10 Å². The van der Waals surface area contributed by atoms with Gasteiger partial charge in [-0.3, -0.25) is 9.89 Å². The molecule has 1 aromatic heterocycles.